The summed E-state index contributed by atoms with van der Waals surface area (Å²) < 4.78 is 0. The molecular weight excluding hydrogens is 174 g/mol. The monoisotopic (exact) mass is 197 g/mol. The standard InChI is InChI=1S/C12H23NO/c1-4-6-10(3)7-11-8-12(14)13(5-2)9-11/h10-11H,4-9H2,1-3H3. The van der Waals surface area contributed by atoms with E-state index in [-0.39, 0.29) is 0 Å². The van der Waals surface area contributed by atoms with Gasteiger partial charge in [0.05, 0.1) is 0 Å². The fraction of sp³-hybridized carbons (Fsp3) is 0.917. The molecule has 0 aromatic carbocycles. The maximum Gasteiger partial charge on any atom is 0.222 e. The Morgan fingerprint density at radius 2 is 2.21 bits per heavy atom. The van der Waals surface area contributed by atoms with Crippen LogP contribution in [0.4, 0.5) is 0 Å². The maximum atomic E-state index is 11.5. The molecule has 2 unspecified atom stereocenters. The van der Waals surface area contributed by atoms with Crippen LogP contribution in [0.1, 0.15) is 46.5 Å². The highest BCUT2D eigenvalue weighted by Crippen LogP contribution is 2.25. The van der Waals surface area contributed by atoms with E-state index < -0.39 is 0 Å². The first-order valence-corrected chi connectivity index (χ1v) is 5.95. The van der Waals surface area contributed by atoms with Gasteiger partial charge in [-0.15, -0.1) is 0 Å². The van der Waals surface area contributed by atoms with Gasteiger partial charge in [0.25, 0.3) is 0 Å². The van der Waals surface area contributed by atoms with E-state index in [9.17, 15) is 4.79 Å². The van der Waals surface area contributed by atoms with Crippen LogP contribution in [0, 0.1) is 11.8 Å². The van der Waals surface area contributed by atoms with Gasteiger partial charge in [-0.1, -0.05) is 26.7 Å². The average Bonchev–Trinajstić information content (AvgIpc) is 2.46. The normalized spacial score (nSPS) is 24.4. The molecule has 0 N–H and O–H groups in total. The van der Waals surface area contributed by atoms with Crippen LogP contribution in [-0.2, 0) is 4.79 Å². The smallest absolute Gasteiger partial charge is 0.222 e. The summed E-state index contributed by atoms with van der Waals surface area (Å²) in [6.07, 6.45) is 4.59. The number of carbonyl (C=O) groups is 1. The molecule has 0 radical (unpaired) electrons. The molecule has 2 atom stereocenters. The minimum absolute atomic E-state index is 0.362. The molecule has 0 spiro atoms. The van der Waals surface area contributed by atoms with Crippen molar-refractivity contribution in [1.82, 2.24) is 4.90 Å². The Bertz CT molecular complexity index is 191. The van der Waals surface area contributed by atoms with Crippen LogP contribution in [-0.4, -0.2) is 23.9 Å². The second kappa shape index (κ2) is 5.38. The zero-order chi connectivity index (χ0) is 10.6. The van der Waals surface area contributed by atoms with Crippen LogP contribution in [0.2, 0.25) is 0 Å². The third-order valence-corrected chi connectivity index (χ3v) is 3.19. The number of likely N-dealkylation sites (tertiary alicyclic amines) is 1. The summed E-state index contributed by atoms with van der Waals surface area (Å²) in [5, 5.41) is 0. The summed E-state index contributed by atoms with van der Waals surface area (Å²) in [6.45, 7) is 8.49. The predicted octanol–water partition coefficient (Wildman–Crippen LogP) is 2.68. The summed E-state index contributed by atoms with van der Waals surface area (Å²) >= 11 is 0. The molecule has 0 saturated carbocycles. The summed E-state index contributed by atoms with van der Waals surface area (Å²) in [5.41, 5.74) is 0. The lowest BCUT2D eigenvalue weighted by Crippen LogP contribution is -2.24. The van der Waals surface area contributed by atoms with Crippen LogP contribution in [0.25, 0.3) is 0 Å². The SMILES string of the molecule is CCCC(C)CC1CC(=O)N(CC)C1. The van der Waals surface area contributed by atoms with E-state index in [1.54, 1.807) is 0 Å². The van der Waals surface area contributed by atoms with Crippen molar-refractivity contribution in [2.75, 3.05) is 13.1 Å². The van der Waals surface area contributed by atoms with Gasteiger partial charge < -0.3 is 4.90 Å². The first-order valence-electron chi connectivity index (χ1n) is 5.95. The first kappa shape index (κ1) is 11.5. The molecule has 1 heterocycles. The highest BCUT2D eigenvalue weighted by atomic mass is 16.2. The van der Waals surface area contributed by atoms with Crippen LogP contribution in [0.3, 0.4) is 0 Å². The van der Waals surface area contributed by atoms with Gasteiger partial charge in [0, 0.05) is 19.5 Å². The lowest BCUT2D eigenvalue weighted by atomic mass is 9.92. The van der Waals surface area contributed by atoms with Crippen molar-refractivity contribution in [3.8, 4) is 0 Å². The molecular formula is C12H23NO. The van der Waals surface area contributed by atoms with Crippen molar-refractivity contribution in [3.05, 3.63) is 0 Å². The molecule has 0 aromatic rings. The number of hydrogen-bond donors (Lipinski definition) is 0. The molecule has 0 aromatic heterocycles. The van der Waals surface area contributed by atoms with E-state index in [1.807, 2.05) is 4.90 Å². The molecule has 0 bridgehead atoms. The lowest BCUT2D eigenvalue weighted by Gasteiger charge is -2.16. The second-order valence-corrected chi connectivity index (χ2v) is 4.63. The molecule has 14 heavy (non-hydrogen) atoms. The van der Waals surface area contributed by atoms with Crippen molar-refractivity contribution in [3.63, 3.8) is 0 Å². The Labute approximate surface area is 87.7 Å². The minimum Gasteiger partial charge on any atom is -0.343 e. The van der Waals surface area contributed by atoms with Crippen molar-refractivity contribution < 1.29 is 4.79 Å². The topological polar surface area (TPSA) is 20.3 Å². The molecule has 2 nitrogen and oxygen atoms in total. The van der Waals surface area contributed by atoms with E-state index in [1.165, 1.54) is 19.3 Å². The summed E-state index contributed by atoms with van der Waals surface area (Å²) in [6, 6.07) is 0. The Balaban J connectivity index is 2.31. The molecule has 1 aliphatic rings. The molecule has 0 aliphatic carbocycles. The van der Waals surface area contributed by atoms with Gasteiger partial charge in [0.2, 0.25) is 5.91 Å². The van der Waals surface area contributed by atoms with Crippen molar-refractivity contribution >= 4 is 5.91 Å². The third-order valence-electron chi connectivity index (χ3n) is 3.19. The van der Waals surface area contributed by atoms with Gasteiger partial charge in [-0.05, 0) is 25.2 Å². The number of nitrogens with zero attached hydrogens (tertiary/aromatic N) is 1. The zero-order valence-electron chi connectivity index (χ0n) is 9.75. The Kier molecular flexibility index (Phi) is 4.43. The third kappa shape index (κ3) is 3.00. The summed E-state index contributed by atoms with van der Waals surface area (Å²) in [5.74, 6) is 1.78. The van der Waals surface area contributed by atoms with Crippen molar-refractivity contribution in [2.45, 2.75) is 46.5 Å². The summed E-state index contributed by atoms with van der Waals surface area (Å²) in [7, 11) is 0. The van der Waals surface area contributed by atoms with Crippen LogP contribution in [0.15, 0.2) is 0 Å². The second-order valence-electron chi connectivity index (χ2n) is 4.63. The van der Waals surface area contributed by atoms with Crippen LogP contribution < -0.4 is 0 Å². The Morgan fingerprint density at radius 1 is 1.50 bits per heavy atom. The van der Waals surface area contributed by atoms with Gasteiger partial charge in [-0.3, -0.25) is 4.79 Å². The van der Waals surface area contributed by atoms with Gasteiger partial charge in [-0.25, -0.2) is 0 Å². The fourth-order valence-electron chi connectivity index (χ4n) is 2.50. The van der Waals surface area contributed by atoms with Gasteiger partial charge in [0.1, 0.15) is 0 Å². The van der Waals surface area contributed by atoms with E-state index in [4.69, 9.17) is 0 Å². The predicted molar refractivity (Wildman–Crippen MR) is 59.1 cm³/mol. The molecule has 2 heteroatoms. The quantitative estimate of drug-likeness (QED) is 0.663. The Hall–Kier alpha value is -0.530. The van der Waals surface area contributed by atoms with Gasteiger partial charge in [-0.2, -0.15) is 0 Å². The lowest BCUT2D eigenvalue weighted by molar-refractivity contribution is -0.127. The zero-order valence-corrected chi connectivity index (χ0v) is 9.75. The van der Waals surface area contributed by atoms with Gasteiger partial charge in [0.15, 0.2) is 0 Å². The average molecular weight is 197 g/mol. The van der Waals surface area contributed by atoms with E-state index in [2.05, 4.69) is 20.8 Å². The maximum absolute atomic E-state index is 11.5. The molecule has 1 rings (SSSR count). The molecule has 1 aliphatic heterocycles. The van der Waals surface area contributed by atoms with Crippen molar-refractivity contribution in [2.24, 2.45) is 11.8 Å². The minimum atomic E-state index is 0.362. The number of hydrogen-bond acceptors (Lipinski definition) is 1. The molecule has 1 amide bonds. The highest BCUT2D eigenvalue weighted by molar-refractivity contribution is 5.78. The van der Waals surface area contributed by atoms with Crippen LogP contribution in [0.5, 0.6) is 0 Å². The molecule has 82 valence electrons. The number of carbonyl (C=O) groups excluding carboxylic acids is 1. The van der Waals surface area contributed by atoms with E-state index in [0.717, 1.165) is 25.4 Å². The first-order chi connectivity index (χ1) is 6.67. The largest absolute Gasteiger partial charge is 0.343 e. The number of amides is 1. The fourth-order valence-corrected chi connectivity index (χ4v) is 2.50. The molecule has 1 fully saturated rings. The van der Waals surface area contributed by atoms with E-state index >= 15 is 0 Å². The van der Waals surface area contributed by atoms with Crippen molar-refractivity contribution in [1.29, 1.82) is 0 Å². The highest BCUT2D eigenvalue weighted by Gasteiger charge is 2.28. The number of rotatable bonds is 5. The van der Waals surface area contributed by atoms with Crippen LogP contribution >= 0.6 is 0 Å². The summed E-state index contributed by atoms with van der Waals surface area (Å²) in [4.78, 5) is 13.5. The van der Waals surface area contributed by atoms with E-state index in [0.29, 0.717) is 11.8 Å². The molecule has 1 saturated heterocycles. The van der Waals surface area contributed by atoms with Gasteiger partial charge >= 0.3 is 0 Å². The Morgan fingerprint density at radius 3 is 2.71 bits per heavy atom.